The van der Waals surface area contributed by atoms with Crippen molar-refractivity contribution in [2.45, 2.75) is 38.3 Å². The summed E-state index contributed by atoms with van der Waals surface area (Å²) in [5.41, 5.74) is 1.25. The zero-order valence-electron chi connectivity index (χ0n) is 11.4. The number of phenolic OH excluding ortho intramolecular Hbond substituents is 1. The monoisotopic (exact) mass is 261 g/mol. The minimum Gasteiger partial charge on any atom is -0.508 e. The summed E-state index contributed by atoms with van der Waals surface area (Å²) in [6.07, 6.45) is 7.34. The van der Waals surface area contributed by atoms with Gasteiger partial charge in [0.25, 0.3) is 0 Å². The van der Waals surface area contributed by atoms with Gasteiger partial charge in [0.15, 0.2) is 0 Å². The van der Waals surface area contributed by atoms with Gasteiger partial charge in [-0.3, -0.25) is 0 Å². The fraction of sp³-hybridized carbons (Fsp3) is 0.500. The standard InChI is InChI=1S/C16H23NO2/c1-12(17-15-7-4-14(10-15)11-18)2-3-13-5-8-16(19)9-6-13/h4-9,12,14-15,17-19H,2-3,10-11H2,1H3/t12-,14+,15-/m1/s1. The molecule has 104 valence electrons. The number of aromatic hydroxyl groups is 1. The van der Waals surface area contributed by atoms with E-state index in [2.05, 4.69) is 24.4 Å². The zero-order chi connectivity index (χ0) is 13.7. The van der Waals surface area contributed by atoms with E-state index in [0.717, 1.165) is 19.3 Å². The summed E-state index contributed by atoms with van der Waals surface area (Å²) < 4.78 is 0. The molecule has 19 heavy (non-hydrogen) atoms. The SMILES string of the molecule is C[C@H](CCc1ccc(O)cc1)N[C@@H]1C=C[C@H](CO)C1. The Hall–Kier alpha value is -1.32. The van der Waals surface area contributed by atoms with Crippen molar-refractivity contribution in [3.8, 4) is 5.75 Å². The second-order valence-electron chi connectivity index (χ2n) is 5.44. The molecule has 3 atom stereocenters. The van der Waals surface area contributed by atoms with Crippen molar-refractivity contribution in [1.29, 1.82) is 0 Å². The minimum atomic E-state index is 0.247. The van der Waals surface area contributed by atoms with E-state index in [1.807, 2.05) is 12.1 Å². The van der Waals surface area contributed by atoms with Crippen LogP contribution in [-0.4, -0.2) is 28.9 Å². The Balaban J connectivity index is 1.71. The average molecular weight is 261 g/mol. The number of rotatable bonds is 6. The number of aliphatic hydroxyl groups excluding tert-OH is 1. The van der Waals surface area contributed by atoms with E-state index < -0.39 is 0 Å². The zero-order valence-corrected chi connectivity index (χ0v) is 11.4. The summed E-state index contributed by atoms with van der Waals surface area (Å²) in [6, 6.07) is 8.25. The highest BCUT2D eigenvalue weighted by Crippen LogP contribution is 2.18. The molecule has 1 aliphatic rings. The van der Waals surface area contributed by atoms with Crippen LogP contribution in [-0.2, 0) is 6.42 Å². The first-order valence-corrected chi connectivity index (χ1v) is 7.00. The summed E-state index contributed by atoms with van der Waals surface area (Å²) in [4.78, 5) is 0. The number of aryl methyl sites for hydroxylation is 1. The second kappa shape index (κ2) is 6.73. The fourth-order valence-electron chi connectivity index (χ4n) is 2.53. The van der Waals surface area contributed by atoms with Gasteiger partial charge in [-0.05, 0) is 43.9 Å². The highest BCUT2D eigenvalue weighted by Gasteiger charge is 2.19. The Labute approximate surface area is 115 Å². The minimum absolute atomic E-state index is 0.247. The van der Waals surface area contributed by atoms with Gasteiger partial charge in [0.1, 0.15) is 5.75 Å². The lowest BCUT2D eigenvalue weighted by Crippen LogP contribution is -2.35. The summed E-state index contributed by atoms with van der Waals surface area (Å²) >= 11 is 0. The maximum absolute atomic E-state index is 9.23. The molecule has 0 aromatic heterocycles. The van der Waals surface area contributed by atoms with E-state index in [1.54, 1.807) is 12.1 Å². The number of phenols is 1. The molecule has 1 aliphatic carbocycles. The van der Waals surface area contributed by atoms with Gasteiger partial charge in [0, 0.05) is 24.6 Å². The summed E-state index contributed by atoms with van der Waals surface area (Å²) in [5, 5.41) is 21.9. The molecule has 0 unspecified atom stereocenters. The van der Waals surface area contributed by atoms with Gasteiger partial charge < -0.3 is 15.5 Å². The van der Waals surface area contributed by atoms with Gasteiger partial charge in [-0.2, -0.15) is 0 Å². The van der Waals surface area contributed by atoms with Crippen LogP contribution in [0.1, 0.15) is 25.3 Å². The third kappa shape index (κ3) is 4.37. The number of hydrogen-bond donors (Lipinski definition) is 3. The van der Waals surface area contributed by atoms with Crippen molar-refractivity contribution in [1.82, 2.24) is 5.32 Å². The number of aliphatic hydroxyl groups is 1. The maximum atomic E-state index is 9.23. The average Bonchev–Trinajstić information content (AvgIpc) is 2.86. The normalized spacial score (nSPS) is 23.7. The lowest BCUT2D eigenvalue weighted by atomic mass is 10.0. The van der Waals surface area contributed by atoms with Crippen LogP contribution in [0.4, 0.5) is 0 Å². The molecule has 0 radical (unpaired) electrons. The molecule has 0 aliphatic heterocycles. The highest BCUT2D eigenvalue weighted by atomic mass is 16.3. The third-order valence-electron chi connectivity index (χ3n) is 3.71. The van der Waals surface area contributed by atoms with E-state index in [0.29, 0.717) is 23.8 Å². The van der Waals surface area contributed by atoms with Crippen molar-refractivity contribution < 1.29 is 10.2 Å². The van der Waals surface area contributed by atoms with E-state index in [4.69, 9.17) is 5.11 Å². The molecule has 3 N–H and O–H groups in total. The largest absolute Gasteiger partial charge is 0.508 e. The van der Waals surface area contributed by atoms with E-state index in [1.165, 1.54) is 5.56 Å². The predicted molar refractivity (Wildman–Crippen MR) is 77.1 cm³/mol. The van der Waals surface area contributed by atoms with Gasteiger partial charge in [-0.25, -0.2) is 0 Å². The Morgan fingerprint density at radius 3 is 2.63 bits per heavy atom. The first-order valence-electron chi connectivity index (χ1n) is 7.00. The first-order chi connectivity index (χ1) is 9.17. The Morgan fingerprint density at radius 1 is 1.26 bits per heavy atom. The fourth-order valence-corrected chi connectivity index (χ4v) is 2.53. The van der Waals surface area contributed by atoms with E-state index in [9.17, 15) is 5.11 Å². The molecule has 0 saturated heterocycles. The summed E-state index contributed by atoms with van der Waals surface area (Å²) in [6.45, 7) is 2.44. The maximum Gasteiger partial charge on any atom is 0.115 e. The lowest BCUT2D eigenvalue weighted by molar-refractivity contribution is 0.244. The van der Waals surface area contributed by atoms with Gasteiger partial charge in [-0.15, -0.1) is 0 Å². The molecule has 0 heterocycles. The van der Waals surface area contributed by atoms with Crippen molar-refractivity contribution >= 4 is 0 Å². The van der Waals surface area contributed by atoms with Gasteiger partial charge in [0.05, 0.1) is 0 Å². The van der Waals surface area contributed by atoms with Crippen LogP contribution in [0, 0.1) is 5.92 Å². The van der Waals surface area contributed by atoms with Crippen LogP contribution in [0.5, 0.6) is 5.75 Å². The molecule has 2 rings (SSSR count). The molecule has 1 aromatic carbocycles. The summed E-state index contributed by atoms with van der Waals surface area (Å²) in [5.74, 6) is 0.642. The van der Waals surface area contributed by atoms with Gasteiger partial charge >= 0.3 is 0 Å². The van der Waals surface area contributed by atoms with Gasteiger partial charge in [-0.1, -0.05) is 24.3 Å². The van der Waals surface area contributed by atoms with E-state index in [-0.39, 0.29) is 6.61 Å². The molecular formula is C16H23NO2. The van der Waals surface area contributed by atoms with Crippen LogP contribution in [0.2, 0.25) is 0 Å². The quantitative estimate of drug-likeness (QED) is 0.688. The number of hydrogen-bond acceptors (Lipinski definition) is 3. The molecule has 0 spiro atoms. The molecule has 0 bridgehead atoms. The Morgan fingerprint density at radius 2 is 2.00 bits per heavy atom. The predicted octanol–water partition coefficient (Wildman–Crippen LogP) is 2.24. The lowest BCUT2D eigenvalue weighted by Gasteiger charge is -2.19. The van der Waals surface area contributed by atoms with Gasteiger partial charge in [0.2, 0.25) is 0 Å². The van der Waals surface area contributed by atoms with Crippen molar-refractivity contribution in [3.63, 3.8) is 0 Å². The molecule has 3 nitrogen and oxygen atoms in total. The van der Waals surface area contributed by atoms with Crippen LogP contribution >= 0.6 is 0 Å². The number of benzene rings is 1. The van der Waals surface area contributed by atoms with E-state index >= 15 is 0 Å². The molecule has 1 aromatic rings. The number of nitrogens with one attached hydrogen (secondary N) is 1. The topological polar surface area (TPSA) is 52.5 Å². The first kappa shape index (κ1) is 14.1. The second-order valence-corrected chi connectivity index (χ2v) is 5.44. The molecular weight excluding hydrogens is 238 g/mol. The van der Waals surface area contributed by atoms with Crippen LogP contribution in [0.3, 0.4) is 0 Å². The smallest absolute Gasteiger partial charge is 0.115 e. The van der Waals surface area contributed by atoms with Crippen LogP contribution in [0.15, 0.2) is 36.4 Å². The van der Waals surface area contributed by atoms with Crippen molar-refractivity contribution in [3.05, 3.63) is 42.0 Å². The molecule has 0 amide bonds. The Kier molecular flexibility index (Phi) is 5.00. The molecule has 3 heteroatoms. The third-order valence-corrected chi connectivity index (χ3v) is 3.71. The molecule has 0 saturated carbocycles. The summed E-state index contributed by atoms with van der Waals surface area (Å²) in [7, 11) is 0. The molecule has 0 fully saturated rings. The van der Waals surface area contributed by atoms with Crippen LogP contribution in [0.25, 0.3) is 0 Å². The highest BCUT2D eigenvalue weighted by molar-refractivity contribution is 5.25. The van der Waals surface area contributed by atoms with Crippen molar-refractivity contribution in [2.24, 2.45) is 5.92 Å². The Bertz CT molecular complexity index is 413. The van der Waals surface area contributed by atoms with Crippen LogP contribution < -0.4 is 5.32 Å². The van der Waals surface area contributed by atoms with Crippen molar-refractivity contribution in [2.75, 3.05) is 6.61 Å².